The molecule has 100 valence electrons. The topological polar surface area (TPSA) is 65.1 Å². The molecule has 19 heavy (non-hydrogen) atoms. The van der Waals surface area contributed by atoms with Gasteiger partial charge in [0.2, 0.25) is 6.10 Å². The van der Waals surface area contributed by atoms with Crippen LogP contribution in [0.5, 0.6) is 5.75 Å². The highest BCUT2D eigenvalue weighted by Crippen LogP contribution is 2.27. The van der Waals surface area contributed by atoms with Gasteiger partial charge in [0.25, 0.3) is 0 Å². The van der Waals surface area contributed by atoms with Gasteiger partial charge in [-0.3, -0.25) is 4.90 Å². The van der Waals surface area contributed by atoms with Gasteiger partial charge in [0.05, 0.1) is 7.11 Å². The minimum atomic E-state index is -0.772. The van der Waals surface area contributed by atoms with Gasteiger partial charge in [-0.25, -0.2) is 9.59 Å². The quantitative estimate of drug-likeness (QED) is 0.759. The summed E-state index contributed by atoms with van der Waals surface area (Å²) in [6, 6.07) is 7.07. The smallest absolute Gasteiger partial charge is 0.411 e. The third kappa shape index (κ3) is 1.99. The number of benzene rings is 1. The lowest BCUT2D eigenvalue weighted by Gasteiger charge is -2.18. The number of carbonyl (C=O) groups excluding carboxylic acids is 2. The molecule has 2 saturated heterocycles. The van der Waals surface area contributed by atoms with E-state index in [2.05, 4.69) is 0 Å². The van der Waals surface area contributed by atoms with Crippen molar-refractivity contribution in [2.75, 3.05) is 13.7 Å². The number of hydrogen-bond acceptors (Lipinski definition) is 5. The zero-order chi connectivity index (χ0) is 13.4. The van der Waals surface area contributed by atoms with Crippen molar-refractivity contribution in [2.45, 2.75) is 18.7 Å². The second-order valence-corrected chi connectivity index (χ2v) is 4.48. The number of esters is 1. The third-order valence-corrected chi connectivity index (χ3v) is 3.35. The van der Waals surface area contributed by atoms with Crippen LogP contribution in [0.4, 0.5) is 4.79 Å². The second kappa shape index (κ2) is 4.46. The van der Waals surface area contributed by atoms with E-state index in [1.54, 1.807) is 7.11 Å². The minimum absolute atomic E-state index is 0.200. The van der Waals surface area contributed by atoms with E-state index in [1.165, 1.54) is 4.90 Å². The molecule has 2 atom stereocenters. The second-order valence-electron chi connectivity index (χ2n) is 4.48. The highest BCUT2D eigenvalue weighted by Gasteiger charge is 2.51. The number of ether oxygens (including phenoxy) is 3. The predicted octanol–water partition coefficient (Wildman–Crippen LogP) is 0.941. The van der Waals surface area contributed by atoms with Gasteiger partial charge < -0.3 is 14.2 Å². The molecule has 1 amide bonds. The standard InChI is InChI=1S/C13H13NO5/c1-17-9-4-2-8(3-5-9)6-14-10-7-18-12(15)11(10)19-13(14)16/h2-5,10-11H,6-7H2,1H3/t10-,11-/m0/s1. The van der Waals surface area contributed by atoms with E-state index >= 15 is 0 Å². The molecular weight excluding hydrogens is 250 g/mol. The van der Waals surface area contributed by atoms with Crippen molar-refractivity contribution < 1.29 is 23.8 Å². The molecule has 1 aromatic rings. The number of nitrogens with zero attached hydrogens (tertiary/aromatic N) is 1. The van der Waals surface area contributed by atoms with Gasteiger partial charge in [-0.15, -0.1) is 0 Å². The number of fused-ring (bicyclic) bond motifs is 1. The predicted molar refractivity (Wildman–Crippen MR) is 63.6 cm³/mol. The average Bonchev–Trinajstić information content (AvgIpc) is 2.92. The zero-order valence-corrected chi connectivity index (χ0v) is 10.4. The van der Waals surface area contributed by atoms with Crippen molar-refractivity contribution in [3.05, 3.63) is 29.8 Å². The fraction of sp³-hybridized carbons (Fsp3) is 0.385. The molecule has 0 aromatic heterocycles. The molecule has 0 aliphatic carbocycles. The molecule has 0 spiro atoms. The van der Waals surface area contributed by atoms with Crippen LogP contribution >= 0.6 is 0 Å². The summed E-state index contributed by atoms with van der Waals surface area (Å²) in [6.07, 6.45) is -1.24. The molecule has 0 saturated carbocycles. The molecule has 6 heteroatoms. The Morgan fingerprint density at radius 1 is 1.32 bits per heavy atom. The van der Waals surface area contributed by atoms with Crippen LogP contribution in [-0.2, 0) is 20.8 Å². The van der Waals surface area contributed by atoms with Crippen LogP contribution in [-0.4, -0.2) is 42.8 Å². The van der Waals surface area contributed by atoms with E-state index < -0.39 is 18.2 Å². The fourth-order valence-corrected chi connectivity index (χ4v) is 2.30. The molecule has 2 heterocycles. The summed E-state index contributed by atoms with van der Waals surface area (Å²) in [5.41, 5.74) is 0.942. The van der Waals surface area contributed by atoms with Gasteiger partial charge in [-0.2, -0.15) is 0 Å². The van der Waals surface area contributed by atoms with Crippen LogP contribution in [0.25, 0.3) is 0 Å². The van der Waals surface area contributed by atoms with Crippen LogP contribution in [0.15, 0.2) is 24.3 Å². The first-order valence-electron chi connectivity index (χ1n) is 5.96. The summed E-state index contributed by atoms with van der Waals surface area (Å²) >= 11 is 0. The van der Waals surface area contributed by atoms with Gasteiger partial charge in [-0.1, -0.05) is 12.1 Å². The Balaban J connectivity index is 1.75. The lowest BCUT2D eigenvalue weighted by molar-refractivity contribution is -0.144. The Labute approximate surface area is 109 Å². The normalized spacial score (nSPS) is 25.0. The first kappa shape index (κ1) is 11.8. The van der Waals surface area contributed by atoms with Crippen LogP contribution < -0.4 is 4.74 Å². The van der Waals surface area contributed by atoms with Crippen LogP contribution in [0.2, 0.25) is 0 Å². The molecule has 2 aliphatic heterocycles. The molecule has 6 nitrogen and oxygen atoms in total. The molecule has 3 rings (SSSR count). The van der Waals surface area contributed by atoms with Crippen LogP contribution in [0, 0.1) is 0 Å². The number of cyclic esters (lactones) is 1. The highest BCUT2D eigenvalue weighted by atomic mass is 16.6. The Morgan fingerprint density at radius 3 is 2.74 bits per heavy atom. The minimum Gasteiger partial charge on any atom is -0.497 e. The summed E-state index contributed by atoms with van der Waals surface area (Å²) in [5, 5.41) is 0. The molecule has 0 radical (unpaired) electrons. The van der Waals surface area contributed by atoms with E-state index in [9.17, 15) is 9.59 Å². The largest absolute Gasteiger partial charge is 0.497 e. The number of methoxy groups -OCH3 is 1. The van der Waals surface area contributed by atoms with E-state index in [0.717, 1.165) is 11.3 Å². The molecule has 2 fully saturated rings. The summed E-state index contributed by atoms with van der Waals surface area (Å²) in [4.78, 5) is 24.6. The lowest BCUT2D eigenvalue weighted by atomic mass is 10.1. The van der Waals surface area contributed by atoms with E-state index in [4.69, 9.17) is 14.2 Å². The molecule has 0 bridgehead atoms. The first-order chi connectivity index (χ1) is 9.19. The van der Waals surface area contributed by atoms with Crippen molar-refractivity contribution >= 4 is 12.1 Å². The van der Waals surface area contributed by atoms with Crippen molar-refractivity contribution in [2.24, 2.45) is 0 Å². The zero-order valence-electron chi connectivity index (χ0n) is 10.4. The van der Waals surface area contributed by atoms with Crippen molar-refractivity contribution in [1.82, 2.24) is 4.90 Å². The average molecular weight is 263 g/mol. The molecule has 1 aromatic carbocycles. The van der Waals surface area contributed by atoms with E-state index in [0.29, 0.717) is 6.54 Å². The van der Waals surface area contributed by atoms with Crippen molar-refractivity contribution in [3.8, 4) is 5.75 Å². The number of carbonyl (C=O) groups is 2. The number of rotatable bonds is 3. The summed E-state index contributed by atoms with van der Waals surface area (Å²) in [7, 11) is 1.60. The van der Waals surface area contributed by atoms with Gasteiger partial charge in [0, 0.05) is 6.54 Å². The van der Waals surface area contributed by atoms with Gasteiger partial charge in [0.1, 0.15) is 18.4 Å². The van der Waals surface area contributed by atoms with Crippen molar-refractivity contribution in [3.63, 3.8) is 0 Å². The van der Waals surface area contributed by atoms with E-state index in [-0.39, 0.29) is 12.6 Å². The number of hydrogen-bond donors (Lipinski definition) is 0. The van der Waals surface area contributed by atoms with Gasteiger partial charge >= 0.3 is 12.1 Å². The maximum atomic E-state index is 11.7. The molecule has 0 N–H and O–H groups in total. The SMILES string of the molecule is COc1ccc(CN2C(=O)O[C@@H]3C(=O)OC[C@@H]32)cc1. The summed E-state index contributed by atoms with van der Waals surface area (Å²) in [5.74, 6) is 0.292. The Bertz CT molecular complexity index is 512. The monoisotopic (exact) mass is 263 g/mol. The molecule has 2 aliphatic rings. The van der Waals surface area contributed by atoms with Gasteiger partial charge in [-0.05, 0) is 17.7 Å². The summed E-state index contributed by atoms with van der Waals surface area (Å²) < 4.78 is 15.0. The first-order valence-corrected chi connectivity index (χ1v) is 5.96. The fourth-order valence-electron chi connectivity index (χ4n) is 2.30. The Morgan fingerprint density at radius 2 is 2.05 bits per heavy atom. The maximum Gasteiger partial charge on any atom is 0.411 e. The maximum absolute atomic E-state index is 11.7. The lowest BCUT2D eigenvalue weighted by Crippen LogP contribution is -2.36. The van der Waals surface area contributed by atoms with Gasteiger partial charge in [0.15, 0.2) is 0 Å². The van der Waals surface area contributed by atoms with Crippen molar-refractivity contribution in [1.29, 1.82) is 0 Å². The number of amides is 1. The molecular formula is C13H13NO5. The van der Waals surface area contributed by atoms with Crippen LogP contribution in [0.3, 0.4) is 0 Å². The Kier molecular flexibility index (Phi) is 2.77. The third-order valence-electron chi connectivity index (χ3n) is 3.35. The summed E-state index contributed by atoms with van der Waals surface area (Å²) in [6.45, 7) is 0.589. The van der Waals surface area contributed by atoms with E-state index in [1.807, 2.05) is 24.3 Å². The highest BCUT2D eigenvalue weighted by molar-refractivity contribution is 5.85. The molecule has 0 unspecified atom stereocenters. The van der Waals surface area contributed by atoms with Crippen LogP contribution in [0.1, 0.15) is 5.56 Å². The Hall–Kier alpha value is -2.24.